The number of aromatic amines is 1. The molecule has 37 heavy (non-hydrogen) atoms. The highest BCUT2D eigenvalue weighted by atomic mass is 19.1. The zero-order chi connectivity index (χ0) is 25.6. The molecule has 4 aromatic rings. The van der Waals surface area contributed by atoms with E-state index in [1.165, 1.54) is 23.5 Å². The highest BCUT2D eigenvalue weighted by Crippen LogP contribution is 2.31. The van der Waals surface area contributed by atoms with Crippen LogP contribution in [0.2, 0.25) is 0 Å². The molecule has 1 fully saturated rings. The Labute approximate surface area is 216 Å². The van der Waals surface area contributed by atoms with Crippen LogP contribution in [-0.4, -0.2) is 22.8 Å². The minimum absolute atomic E-state index is 0.0621. The van der Waals surface area contributed by atoms with Crippen molar-refractivity contribution in [3.63, 3.8) is 0 Å². The third-order valence-electron chi connectivity index (χ3n) is 6.90. The molecule has 1 aliphatic rings. The first-order chi connectivity index (χ1) is 18.1. The average molecular weight is 496 g/mol. The summed E-state index contributed by atoms with van der Waals surface area (Å²) >= 11 is 0. The summed E-state index contributed by atoms with van der Waals surface area (Å²) < 4.78 is 13.8. The second-order valence-corrected chi connectivity index (χ2v) is 9.46. The first-order valence-electron chi connectivity index (χ1n) is 12.8. The molecule has 0 spiro atoms. The molecule has 5 nitrogen and oxygen atoms in total. The van der Waals surface area contributed by atoms with Gasteiger partial charge in [0.15, 0.2) is 0 Å². The molecule has 3 aromatic carbocycles. The summed E-state index contributed by atoms with van der Waals surface area (Å²) in [7, 11) is 0. The van der Waals surface area contributed by atoms with Gasteiger partial charge in [-0.05, 0) is 60.4 Å². The number of aromatic nitrogens is 1. The molecule has 1 aliphatic carbocycles. The van der Waals surface area contributed by atoms with Crippen molar-refractivity contribution in [3.8, 4) is 11.3 Å². The van der Waals surface area contributed by atoms with Crippen LogP contribution in [0.25, 0.3) is 11.3 Å². The lowest BCUT2D eigenvalue weighted by Crippen LogP contribution is -2.47. The zero-order valence-corrected chi connectivity index (χ0v) is 20.6. The van der Waals surface area contributed by atoms with Crippen LogP contribution in [0.5, 0.6) is 0 Å². The molecule has 188 valence electrons. The Balaban J connectivity index is 1.55. The molecule has 1 heterocycles. The predicted octanol–water partition coefficient (Wildman–Crippen LogP) is 6.66. The fraction of sp³-hybridized carbons (Fsp3) is 0.226. The second kappa shape index (κ2) is 11.2. The topological polar surface area (TPSA) is 65.2 Å². The van der Waals surface area contributed by atoms with Crippen LogP contribution in [0.4, 0.5) is 10.1 Å². The molecule has 1 aromatic heterocycles. The van der Waals surface area contributed by atoms with Crippen molar-refractivity contribution in [2.24, 2.45) is 0 Å². The first-order valence-corrected chi connectivity index (χ1v) is 12.8. The monoisotopic (exact) mass is 495 g/mol. The van der Waals surface area contributed by atoms with E-state index in [1.54, 1.807) is 18.2 Å². The summed E-state index contributed by atoms with van der Waals surface area (Å²) in [6.45, 7) is 0. The van der Waals surface area contributed by atoms with Crippen molar-refractivity contribution >= 4 is 17.5 Å². The molecule has 0 saturated heterocycles. The molecule has 6 heteroatoms. The number of nitrogens with one attached hydrogen (secondary N) is 2. The van der Waals surface area contributed by atoms with Crippen molar-refractivity contribution in [2.45, 2.75) is 44.2 Å². The van der Waals surface area contributed by atoms with Gasteiger partial charge in [0, 0.05) is 17.4 Å². The Morgan fingerprint density at radius 2 is 1.46 bits per heavy atom. The lowest BCUT2D eigenvalue weighted by atomic mass is 9.94. The number of carbonyl (C=O) groups excluding carboxylic acids is 2. The van der Waals surface area contributed by atoms with E-state index < -0.39 is 11.9 Å². The van der Waals surface area contributed by atoms with Crippen LogP contribution in [0.3, 0.4) is 0 Å². The molecule has 0 aliphatic heterocycles. The molecular formula is C31H30FN3O2. The van der Waals surface area contributed by atoms with Gasteiger partial charge in [0.05, 0.1) is 0 Å². The summed E-state index contributed by atoms with van der Waals surface area (Å²) in [5.41, 5.74) is 3.25. The van der Waals surface area contributed by atoms with E-state index in [-0.39, 0.29) is 17.9 Å². The molecule has 0 bridgehead atoms. The molecule has 5 rings (SSSR count). The highest BCUT2D eigenvalue weighted by Gasteiger charge is 2.35. The number of hydrogen-bond acceptors (Lipinski definition) is 2. The molecule has 1 atom stereocenters. The SMILES string of the molecule is O=C(NC1CCCCC1)C(c1ccc(F)cc1)N(C(=O)c1ccc(-c2ccccc2)[nH]1)c1ccccc1. The molecule has 1 unspecified atom stereocenters. The number of nitrogens with zero attached hydrogens (tertiary/aromatic N) is 1. The van der Waals surface area contributed by atoms with Gasteiger partial charge in [0.2, 0.25) is 5.91 Å². The van der Waals surface area contributed by atoms with E-state index in [4.69, 9.17) is 0 Å². The number of H-pyrrole nitrogens is 1. The van der Waals surface area contributed by atoms with Crippen molar-refractivity contribution in [1.29, 1.82) is 0 Å². The maximum Gasteiger partial charge on any atom is 0.275 e. The van der Waals surface area contributed by atoms with Crippen LogP contribution in [0.1, 0.15) is 54.2 Å². The maximum absolute atomic E-state index is 14.1. The van der Waals surface area contributed by atoms with Gasteiger partial charge in [-0.15, -0.1) is 0 Å². The highest BCUT2D eigenvalue weighted by molar-refractivity contribution is 6.09. The van der Waals surface area contributed by atoms with Gasteiger partial charge >= 0.3 is 0 Å². The van der Waals surface area contributed by atoms with E-state index in [9.17, 15) is 14.0 Å². The molecule has 2 N–H and O–H groups in total. The van der Waals surface area contributed by atoms with Gasteiger partial charge in [-0.25, -0.2) is 4.39 Å². The normalized spacial score (nSPS) is 14.6. The van der Waals surface area contributed by atoms with Crippen molar-refractivity contribution < 1.29 is 14.0 Å². The van der Waals surface area contributed by atoms with Crippen LogP contribution < -0.4 is 10.2 Å². The Morgan fingerprint density at radius 1 is 0.811 bits per heavy atom. The summed E-state index contributed by atoms with van der Waals surface area (Å²) in [6.07, 6.45) is 5.13. The molecular weight excluding hydrogens is 465 g/mol. The minimum Gasteiger partial charge on any atom is -0.351 e. The standard InChI is InChI=1S/C31H30FN3O2/c32-24-18-16-23(17-19-24)29(30(36)33-25-12-6-2-7-13-25)35(26-14-8-3-9-15-26)31(37)28-21-20-27(34-28)22-10-4-1-5-11-22/h1,3-5,8-11,14-21,25,29,34H,2,6-7,12-13H2,(H,33,36). The zero-order valence-electron chi connectivity index (χ0n) is 20.6. The summed E-state index contributed by atoms with van der Waals surface area (Å²) in [5, 5.41) is 3.18. The van der Waals surface area contributed by atoms with Crippen molar-refractivity contribution in [3.05, 3.63) is 114 Å². The van der Waals surface area contributed by atoms with E-state index >= 15 is 0 Å². The van der Waals surface area contributed by atoms with E-state index in [2.05, 4.69) is 10.3 Å². The first kappa shape index (κ1) is 24.5. The summed E-state index contributed by atoms with van der Waals surface area (Å²) in [5.74, 6) is -1.02. The number of rotatable bonds is 7. The number of para-hydroxylation sites is 1. The number of benzene rings is 3. The van der Waals surface area contributed by atoms with Crippen molar-refractivity contribution in [1.82, 2.24) is 10.3 Å². The van der Waals surface area contributed by atoms with Crippen LogP contribution in [-0.2, 0) is 4.79 Å². The van der Waals surface area contributed by atoms with Gasteiger partial charge in [0.25, 0.3) is 5.91 Å². The molecule has 0 radical (unpaired) electrons. The van der Waals surface area contributed by atoms with Crippen LogP contribution >= 0.6 is 0 Å². The van der Waals surface area contributed by atoms with Crippen LogP contribution in [0.15, 0.2) is 97.1 Å². The van der Waals surface area contributed by atoms with Crippen LogP contribution in [0, 0.1) is 5.82 Å². The van der Waals surface area contributed by atoms with Gasteiger partial charge < -0.3 is 10.3 Å². The van der Waals surface area contributed by atoms with Crippen molar-refractivity contribution in [2.75, 3.05) is 4.90 Å². The Kier molecular flexibility index (Phi) is 7.45. The second-order valence-electron chi connectivity index (χ2n) is 9.46. The third kappa shape index (κ3) is 5.64. The third-order valence-corrected chi connectivity index (χ3v) is 6.90. The van der Waals surface area contributed by atoms with Gasteiger partial charge in [-0.1, -0.05) is 79.9 Å². The van der Waals surface area contributed by atoms with E-state index in [1.807, 2.05) is 66.7 Å². The fourth-order valence-electron chi connectivity index (χ4n) is 5.00. The van der Waals surface area contributed by atoms with E-state index in [0.29, 0.717) is 16.9 Å². The Morgan fingerprint density at radius 3 is 2.14 bits per heavy atom. The maximum atomic E-state index is 14.1. The van der Waals surface area contributed by atoms with E-state index in [0.717, 1.165) is 36.9 Å². The predicted molar refractivity (Wildman–Crippen MR) is 144 cm³/mol. The number of anilines is 1. The lowest BCUT2D eigenvalue weighted by molar-refractivity contribution is -0.123. The Bertz CT molecular complexity index is 1330. The number of halogens is 1. The Hall–Kier alpha value is -4.19. The van der Waals surface area contributed by atoms with Gasteiger partial charge in [-0.3, -0.25) is 14.5 Å². The van der Waals surface area contributed by atoms with Gasteiger partial charge in [-0.2, -0.15) is 0 Å². The largest absolute Gasteiger partial charge is 0.351 e. The van der Waals surface area contributed by atoms with Gasteiger partial charge in [0.1, 0.15) is 17.6 Å². The quantitative estimate of drug-likeness (QED) is 0.301. The minimum atomic E-state index is -0.971. The number of amides is 2. The number of carbonyl (C=O) groups is 2. The summed E-state index contributed by atoms with van der Waals surface area (Å²) in [6, 6.07) is 27.4. The molecule has 1 saturated carbocycles. The average Bonchev–Trinajstić information content (AvgIpc) is 3.44. The fourth-order valence-corrected chi connectivity index (χ4v) is 5.00. The lowest BCUT2D eigenvalue weighted by Gasteiger charge is -2.33. The molecule has 2 amide bonds. The number of hydrogen-bond donors (Lipinski definition) is 2. The summed E-state index contributed by atoms with van der Waals surface area (Å²) in [4.78, 5) is 32.7. The smallest absolute Gasteiger partial charge is 0.275 e.